The summed E-state index contributed by atoms with van der Waals surface area (Å²) in [7, 11) is 0. The molecule has 0 amide bonds. The number of benzene rings is 10. The topological polar surface area (TPSA) is 9.72 Å². The van der Waals surface area contributed by atoms with Crippen LogP contribution in [-0.4, -0.2) is 0 Å². The Morgan fingerprint density at radius 3 is 1.05 bits per heavy atom. The van der Waals surface area contributed by atoms with Gasteiger partial charge in [-0.15, -0.1) is 11.3 Å². The molecule has 0 radical (unpaired) electrons. The first-order chi connectivity index (χ1) is 31.7. The molecule has 1 aromatic heterocycles. The molecule has 0 aliphatic carbocycles. The van der Waals surface area contributed by atoms with E-state index in [1.807, 2.05) is 11.3 Å². The van der Waals surface area contributed by atoms with E-state index in [-0.39, 0.29) is 0 Å². The molecule has 11 aromatic rings. The van der Waals surface area contributed by atoms with Gasteiger partial charge >= 0.3 is 0 Å². The Hall–Kier alpha value is -8.18. The highest BCUT2D eigenvalue weighted by atomic mass is 32.1. The summed E-state index contributed by atoms with van der Waals surface area (Å²) >= 11 is 1.85. The molecular weight excluding hydrogens is 795 g/mol. The van der Waals surface area contributed by atoms with Gasteiger partial charge in [0.15, 0.2) is 0 Å². The van der Waals surface area contributed by atoms with E-state index in [2.05, 4.69) is 276 Å². The summed E-state index contributed by atoms with van der Waals surface area (Å²) < 4.78 is 2.57. The maximum atomic E-state index is 2.43. The SMILES string of the molecule is c1ccc(-c2cc(-c3ccccc3)cc(N(c3cccc(N(c4ccccc4)c4cccc(N(c5ccccc5)c5ccccc5)c4)c3)c3ccc4sc5ccccc5c4c3)c2)cc1. The molecule has 304 valence electrons. The molecule has 0 saturated carbocycles. The molecule has 0 bridgehead atoms. The summed E-state index contributed by atoms with van der Waals surface area (Å²) in [6, 6.07) is 93.8. The number of hydrogen-bond donors (Lipinski definition) is 0. The lowest BCUT2D eigenvalue weighted by Gasteiger charge is -2.31. The van der Waals surface area contributed by atoms with Crippen LogP contribution in [0.15, 0.2) is 261 Å². The fourth-order valence-electron chi connectivity index (χ4n) is 8.80. The van der Waals surface area contributed by atoms with E-state index in [0.717, 1.165) is 62.3 Å². The van der Waals surface area contributed by atoms with Gasteiger partial charge in [0, 0.05) is 71.4 Å². The molecule has 3 nitrogen and oxygen atoms in total. The molecule has 1 heterocycles. The number of fused-ring (bicyclic) bond motifs is 3. The van der Waals surface area contributed by atoms with Crippen molar-refractivity contribution in [3.63, 3.8) is 0 Å². The van der Waals surface area contributed by atoms with Crippen LogP contribution >= 0.6 is 11.3 Å². The van der Waals surface area contributed by atoms with Crippen LogP contribution in [0.5, 0.6) is 0 Å². The summed E-state index contributed by atoms with van der Waals surface area (Å²) in [4.78, 5) is 7.12. The second-order valence-corrected chi connectivity index (χ2v) is 16.9. The van der Waals surface area contributed by atoms with Crippen molar-refractivity contribution in [1.82, 2.24) is 0 Å². The summed E-state index contributed by atoms with van der Waals surface area (Å²) in [6.45, 7) is 0. The minimum absolute atomic E-state index is 1.04. The average molecular weight is 838 g/mol. The number of rotatable bonds is 11. The van der Waals surface area contributed by atoms with E-state index in [0.29, 0.717) is 0 Å². The van der Waals surface area contributed by atoms with E-state index >= 15 is 0 Å². The predicted octanol–water partition coefficient (Wildman–Crippen LogP) is 17.8. The lowest BCUT2D eigenvalue weighted by Crippen LogP contribution is -2.14. The first-order valence-electron chi connectivity index (χ1n) is 21.7. The first-order valence-corrected chi connectivity index (χ1v) is 22.5. The third-order valence-corrected chi connectivity index (χ3v) is 12.9. The molecule has 11 rings (SSSR count). The van der Waals surface area contributed by atoms with Crippen molar-refractivity contribution >= 4 is 82.7 Å². The van der Waals surface area contributed by atoms with Gasteiger partial charge in [0.05, 0.1) is 0 Å². The van der Waals surface area contributed by atoms with Crippen molar-refractivity contribution in [2.24, 2.45) is 0 Å². The largest absolute Gasteiger partial charge is 0.310 e. The Morgan fingerprint density at radius 2 is 0.562 bits per heavy atom. The Kier molecular flexibility index (Phi) is 10.5. The third kappa shape index (κ3) is 7.68. The van der Waals surface area contributed by atoms with E-state index in [4.69, 9.17) is 0 Å². The van der Waals surface area contributed by atoms with Gasteiger partial charge in [-0.2, -0.15) is 0 Å². The molecule has 0 atom stereocenters. The number of hydrogen-bond acceptors (Lipinski definition) is 4. The molecule has 0 N–H and O–H groups in total. The summed E-state index contributed by atoms with van der Waals surface area (Å²) in [5.41, 5.74) is 14.3. The number of para-hydroxylation sites is 3. The van der Waals surface area contributed by atoms with Crippen molar-refractivity contribution in [2.45, 2.75) is 0 Å². The van der Waals surface area contributed by atoms with Gasteiger partial charge in [-0.25, -0.2) is 0 Å². The first kappa shape index (κ1) is 38.7. The van der Waals surface area contributed by atoms with E-state index < -0.39 is 0 Å². The summed E-state index contributed by atoms with van der Waals surface area (Å²) in [5, 5.41) is 2.53. The van der Waals surface area contributed by atoms with Gasteiger partial charge < -0.3 is 14.7 Å². The quantitative estimate of drug-likeness (QED) is 0.128. The molecule has 64 heavy (non-hydrogen) atoms. The molecule has 0 spiro atoms. The Morgan fingerprint density at radius 1 is 0.203 bits per heavy atom. The van der Waals surface area contributed by atoms with Crippen molar-refractivity contribution < 1.29 is 0 Å². The van der Waals surface area contributed by atoms with Crippen LogP contribution in [0, 0.1) is 0 Å². The highest BCUT2D eigenvalue weighted by molar-refractivity contribution is 7.25. The van der Waals surface area contributed by atoms with Crippen LogP contribution < -0.4 is 14.7 Å². The normalized spacial score (nSPS) is 11.1. The van der Waals surface area contributed by atoms with Crippen LogP contribution in [-0.2, 0) is 0 Å². The van der Waals surface area contributed by atoms with Crippen LogP contribution in [0.4, 0.5) is 51.2 Å². The van der Waals surface area contributed by atoms with Gasteiger partial charge in [0.2, 0.25) is 0 Å². The maximum Gasteiger partial charge on any atom is 0.0482 e. The molecular formula is C60H43N3S. The maximum absolute atomic E-state index is 2.43. The van der Waals surface area contributed by atoms with Crippen LogP contribution in [0.3, 0.4) is 0 Å². The minimum Gasteiger partial charge on any atom is -0.310 e. The molecule has 0 aliphatic rings. The van der Waals surface area contributed by atoms with Gasteiger partial charge in [-0.05, 0) is 138 Å². The average Bonchev–Trinajstić information content (AvgIpc) is 3.74. The fraction of sp³-hybridized carbons (Fsp3) is 0. The second-order valence-electron chi connectivity index (χ2n) is 15.8. The van der Waals surface area contributed by atoms with E-state index in [9.17, 15) is 0 Å². The zero-order valence-electron chi connectivity index (χ0n) is 35.1. The van der Waals surface area contributed by atoms with Crippen LogP contribution in [0.2, 0.25) is 0 Å². The van der Waals surface area contributed by atoms with Crippen LogP contribution in [0.25, 0.3) is 42.4 Å². The van der Waals surface area contributed by atoms with Gasteiger partial charge in [-0.3, -0.25) is 0 Å². The van der Waals surface area contributed by atoms with Gasteiger partial charge in [0.25, 0.3) is 0 Å². The summed E-state index contributed by atoms with van der Waals surface area (Å²) in [5.74, 6) is 0. The van der Waals surface area contributed by atoms with Crippen molar-refractivity contribution in [3.8, 4) is 22.3 Å². The fourth-order valence-corrected chi connectivity index (χ4v) is 9.89. The zero-order chi connectivity index (χ0) is 42.7. The van der Waals surface area contributed by atoms with Crippen molar-refractivity contribution in [2.75, 3.05) is 14.7 Å². The molecule has 0 aliphatic heterocycles. The molecule has 0 fully saturated rings. The van der Waals surface area contributed by atoms with Crippen molar-refractivity contribution in [3.05, 3.63) is 261 Å². The van der Waals surface area contributed by atoms with E-state index in [1.165, 1.54) is 31.3 Å². The molecule has 10 aromatic carbocycles. The van der Waals surface area contributed by atoms with Crippen LogP contribution in [0.1, 0.15) is 0 Å². The standard InChI is InChI=1S/C60H43N3S/c1-6-20-44(21-7-1)46-38-47(45-22-8-2-9-23-45)40-56(39-46)63(55-36-37-60-58(43-55)57-34-16-17-35-59(57)64-60)54-33-19-32-53(42-54)62(50-28-14-5-15-29-50)52-31-18-30-51(41-52)61(48-24-10-3-11-25-48)49-26-12-4-13-27-49/h1-43H. The second kappa shape index (κ2) is 17.3. The third-order valence-electron chi connectivity index (χ3n) is 11.7. The molecule has 0 unspecified atom stereocenters. The highest BCUT2D eigenvalue weighted by Crippen LogP contribution is 2.46. The molecule has 4 heteroatoms. The zero-order valence-corrected chi connectivity index (χ0v) is 35.9. The lowest BCUT2D eigenvalue weighted by atomic mass is 9.97. The highest BCUT2D eigenvalue weighted by Gasteiger charge is 2.21. The van der Waals surface area contributed by atoms with Gasteiger partial charge in [-0.1, -0.05) is 146 Å². The number of thiophene rings is 1. The Bertz CT molecular complexity index is 3240. The lowest BCUT2D eigenvalue weighted by molar-refractivity contribution is 1.24. The minimum atomic E-state index is 1.04. The Balaban J connectivity index is 1.11. The Labute approximate surface area is 378 Å². The summed E-state index contributed by atoms with van der Waals surface area (Å²) in [6.07, 6.45) is 0. The van der Waals surface area contributed by atoms with Gasteiger partial charge in [0.1, 0.15) is 0 Å². The number of nitrogens with zero attached hydrogens (tertiary/aromatic N) is 3. The monoisotopic (exact) mass is 837 g/mol. The van der Waals surface area contributed by atoms with E-state index in [1.54, 1.807) is 0 Å². The van der Waals surface area contributed by atoms with Crippen molar-refractivity contribution in [1.29, 1.82) is 0 Å². The smallest absolute Gasteiger partial charge is 0.0482 e. The predicted molar refractivity (Wildman–Crippen MR) is 274 cm³/mol. The number of anilines is 9. The molecule has 0 saturated heterocycles.